The smallest absolute Gasteiger partial charge is 0.0972 e. The lowest BCUT2D eigenvalue weighted by atomic mass is 9.76. The molecule has 0 radical (unpaired) electrons. The summed E-state index contributed by atoms with van der Waals surface area (Å²) in [7, 11) is 0. The van der Waals surface area contributed by atoms with Crippen LogP contribution in [0.1, 0.15) is 50.4 Å². The van der Waals surface area contributed by atoms with E-state index in [-0.39, 0.29) is 5.92 Å². The van der Waals surface area contributed by atoms with Crippen LogP contribution in [0, 0.1) is 17.8 Å². The minimum absolute atomic E-state index is 0.259. The molecule has 0 saturated heterocycles. The highest BCUT2D eigenvalue weighted by molar-refractivity contribution is 6.04. The van der Waals surface area contributed by atoms with Crippen molar-refractivity contribution in [1.29, 1.82) is 0 Å². The number of allylic oxidation sites excluding steroid dienone is 6. The zero-order valence-electron chi connectivity index (χ0n) is 28.1. The number of rotatable bonds is 4. The maximum absolute atomic E-state index is 5.27. The summed E-state index contributed by atoms with van der Waals surface area (Å²) < 4.78 is 0. The fraction of sp³-hybridized carbons (Fsp3) is 0.200. The molecule has 0 saturated carbocycles. The summed E-state index contributed by atoms with van der Waals surface area (Å²) in [6, 6.07) is 34.5. The van der Waals surface area contributed by atoms with E-state index in [0.29, 0.717) is 23.7 Å². The Morgan fingerprint density at radius 3 is 1.55 bits per heavy atom. The van der Waals surface area contributed by atoms with Crippen LogP contribution in [0.5, 0.6) is 0 Å². The molecule has 4 heterocycles. The average Bonchev–Trinajstić information content (AvgIpc) is 3.15. The second kappa shape index (κ2) is 11.9. The first-order chi connectivity index (χ1) is 24.0. The van der Waals surface area contributed by atoms with Gasteiger partial charge in [0.1, 0.15) is 0 Å². The van der Waals surface area contributed by atoms with E-state index in [1.54, 1.807) is 0 Å². The van der Waals surface area contributed by atoms with Gasteiger partial charge in [0.2, 0.25) is 0 Å². The van der Waals surface area contributed by atoms with Crippen molar-refractivity contribution in [2.45, 2.75) is 39.0 Å². The Morgan fingerprint density at radius 1 is 0.490 bits per heavy atom. The van der Waals surface area contributed by atoms with Gasteiger partial charge in [0.05, 0.1) is 33.5 Å². The third-order valence-corrected chi connectivity index (χ3v) is 10.9. The summed E-state index contributed by atoms with van der Waals surface area (Å²) in [6.07, 6.45) is 14.6. The molecule has 5 unspecified atom stereocenters. The molecular weight excluding hydrogens is 597 g/mol. The van der Waals surface area contributed by atoms with Gasteiger partial charge < -0.3 is 0 Å². The molecule has 9 rings (SSSR count). The van der Waals surface area contributed by atoms with Crippen LogP contribution in [-0.2, 0) is 0 Å². The van der Waals surface area contributed by atoms with Gasteiger partial charge >= 0.3 is 0 Å². The van der Waals surface area contributed by atoms with Crippen molar-refractivity contribution in [2.75, 3.05) is 0 Å². The van der Waals surface area contributed by atoms with Crippen molar-refractivity contribution in [1.82, 2.24) is 19.9 Å². The van der Waals surface area contributed by atoms with Gasteiger partial charge in [-0.15, -0.1) is 0 Å². The van der Waals surface area contributed by atoms with Gasteiger partial charge in [-0.3, -0.25) is 0 Å². The Kier molecular flexibility index (Phi) is 7.19. The van der Waals surface area contributed by atoms with Crippen LogP contribution in [0.4, 0.5) is 0 Å². The average molecular weight is 635 g/mol. The van der Waals surface area contributed by atoms with Crippen LogP contribution in [0.15, 0.2) is 134 Å². The molecule has 238 valence electrons. The zero-order valence-corrected chi connectivity index (χ0v) is 28.1. The van der Waals surface area contributed by atoms with E-state index in [1.165, 1.54) is 0 Å². The highest BCUT2D eigenvalue weighted by Gasteiger charge is 2.26. The SMILES string of the molecule is CC1C=CC=CC1c1ccc2ccc3ccc(-c4cccc(-c5ccc6ccc7ccc(C8C=CCC(C)C8C)nc7c6n5)c4)nc3c2n1. The quantitative estimate of drug-likeness (QED) is 0.143. The van der Waals surface area contributed by atoms with E-state index >= 15 is 0 Å². The predicted octanol–water partition coefficient (Wildman–Crippen LogP) is 11.4. The molecule has 0 aliphatic heterocycles. The number of pyridine rings is 4. The monoisotopic (exact) mass is 634 g/mol. The Balaban J connectivity index is 1.11. The molecule has 0 N–H and O–H groups in total. The van der Waals surface area contributed by atoms with Crippen LogP contribution in [0.25, 0.3) is 66.1 Å². The second-order valence-electron chi connectivity index (χ2n) is 14.0. The standard InChI is InChI=1S/C45H38N4/c1-27-9-6-13-37(29(27)3)41-25-21-33-17-15-31-19-23-39(47-43(31)45(33)49-41)35-11-7-10-34(26-35)38-22-18-30-14-16-32-20-24-40(48-44(32)42(30)46-38)36-12-5-4-8-28(36)2/h4-8,10-29,36-37H,9H2,1-3H3. The third kappa shape index (κ3) is 5.23. The van der Waals surface area contributed by atoms with Crippen molar-refractivity contribution in [3.05, 3.63) is 145 Å². The lowest BCUT2D eigenvalue weighted by molar-refractivity contribution is 0.340. The van der Waals surface area contributed by atoms with Gasteiger partial charge in [0.15, 0.2) is 0 Å². The number of aromatic nitrogens is 4. The third-order valence-electron chi connectivity index (χ3n) is 10.9. The molecule has 0 amide bonds. The van der Waals surface area contributed by atoms with Gasteiger partial charge in [-0.2, -0.15) is 0 Å². The van der Waals surface area contributed by atoms with Gasteiger partial charge in [0, 0.05) is 55.9 Å². The molecular formula is C45H38N4. The molecule has 7 aromatic rings. The van der Waals surface area contributed by atoms with E-state index in [2.05, 4.69) is 154 Å². The summed E-state index contributed by atoms with van der Waals surface area (Å²) in [5.74, 6) is 2.17. The summed E-state index contributed by atoms with van der Waals surface area (Å²) in [5.41, 5.74) is 9.95. The number of benzene rings is 3. The van der Waals surface area contributed by atoms with Gasteiger partial charge in [-0.25, -0.2) is 19.9 Å². The molecule has 2 aliphatic rings. The van der Waals surface area contributed by atoms with Crippen LogP contribution in [0.2, 0.25) is 0 Å². The summed E-state index contributed by atoms with van der Waals surface area (Å²) in [4.78, 5) is 21.0. The molecule has 49 heavy (non-hydrogen) atoms. The molecule has 5 atom stereocenters. The fourth-order valence-corrected chi connectivity index (χ4v) is 7.73. The molecule has 4 aromatic heterocycles. The predicted molar refractivity (Wildman–Crippen MR) is 204 cm³/mol. The van der Waals surface area contributed by atoms with Gasteiger partial charge in [-0.1, -0.05) is 124 Å². The lowest BCUT2D eigenvalue weighted by Gasteiger charge is -2.29. The van der Waals surface area contributed by atoms with E-state index in [9.17, 15) is 0 Å². The van der Waals surface area contributed by atoms with E-state index < -0.39 is 0 Å². The Labute approximate surface area is 287 Å². The van der Waals surface area contributed by atoms with Crippen LogP contribution >= 0.6 is 0 Å². The van der Waals surface area contributed by atoms with E-state index in [4.69, 9.17) is 19.9 Å². The van der Waals surface area contributed by atoms with Gasteiger partial charge in [0.25, 0.3) is 0 Å². The van der Waals surface area contributed by atoms with Crippen LogP contribution in [0.3, 0.4) is 0 Å². The number of nitrogens with zero attached hydrogens (tertiary/aromatic N) is 4. The molecule has 0 fully saturated rings. The maximum atomic E-state index is 5.27. The fourth-order valence-electron chi connectivity index (χ4n) is 7.73. The number of hydrogen-bond donors (Lipinski definition) is 0. The highest BCUT2D eigenvalue weighted by Crippen LogP contribution is 2.38. The summed E-state index contributed by atoms with van der Waals surface area (Å²) in [5, 5.41) is 4.41. The second-order valence-corrected chi connectivity index (χ2v) is 14.0. The first-order valence-corrected chi connectivity index (χ1v) is 17.5. The summed E-state index contributed by atoms with van der Waals surface area (Å²) in [6.45, 7) is 6.95. The zero-order chi connectivity index (χ0) is 33.1. The molecule has 0 bridgehead atoms. The maximum Gasteiger partial charge on any atom is 0.0972 e. The Morgan fingerprint density at radius 2 is 0.980 bits per heavy atom. The number of hydrogen-bond acceptors (Lipinski definition) is 4. The highest BCUT2D eigenvalue weighted by atomic mass is 14.8. The van der Waals surface area contributed by atoms with Crippen LogP contribution < -0.4 is 0 Å². The molecule has 4 nitrogen and oxygen atoms in total. The van der Waals surface area contributed by atoms with E-state index in [1.807, 2.05) is 0 Å². The Hall–Kier alpha value is -5.48. The van der Waals surface area contributed by atoms with Crippen molar-refractivity contribution >= 4 is 43.6 Å². The topological polar surface area (TPSA) is 51.6 Å². The van der Waals surface area contributed by atoms with Gasteiger partial charge in [-0.05, 0) is 54.5 Å². The molecule has 3 aromatic carbocycles. The minimum Gasteiger partial charge on any atom is -0.250 e. The molecule has 0 spiro atoms. The van der Waals surface area contributed by atoms with Crippen molar-refractivity contribution < 1.29 is 0 Å². The largest absolute Gasteiger partial charge is 0.250 e. The van der Waals surface area contributed by atoms with E-state index in [0.717, 1.165) is 83.9 Å². The summed E-state index contributed by atoms with van der Waals surface area (Å²) >= 11 is 0. The van der Waals surface area contributed by atoms with Crippen molar-refractivity contribution in [3.63, 3.8) is 0 Å². The first kappa shape index (κ1) is 29.6. The minimum atomic E-state index is 0.259. The van der Waals surface area contributed by atoms with Crippen molar-refractivity contribution in [3.8, 4) is 22.5 Å². The normalized spacial score (nSPS) is 22.1. The first-order valence-electron chi connectivity index (χ1n) is 17.5. The van der Waals surface area contributed by atoms with Crippen molar-refractivity contribution in [2.24, 2.45) is 17.8 Å². The lowest BCUT2D eigenvalue weighted by Crippen LogP contribution is -2.19. The van der Waals surface area contributed by atoms with Crippen LogP contribution in [-0.4, -0.2) is 19.9 Å². The molecule has 2 aliphatic carbocycles. The molecule has 4 heteroatoms. The Bertz CT molecular complexity index is 2510. The number of fused-ring (bicyclic) bond motifs is 6.